The molecular weight excluding hydrogens is 256 g/mol. The van der Waals surface area contributed by atoms with Crippen LogP contribution in [0.25, 0.3) is 0 Å². The number of hydrogen-bond acceptors (Lipinski definition) is 4. The fourth-order valence-corrected chi connectivity index (χ4v) is 2.32. The highest BCUT2D eigenvalue weighted by molar-refractivity contribution is 5.95. The molecule has 1 aliphatic rings. The van der Waals surface area contributed by atoms with Gasteiger partial charge >= 0.3 is 0 Å². The molecule has 0 spiro atoms. The standard InChI is InChI=1S/C15H18N2O3/c18-10-2-1-5-12-6-3-8-16-14(12)15(20)17-9-4-7-13(17)11-19/h3,6,8,13,18-19H,2,4,7,9-11H2. The van der Waals surface area contributed by atoms with E-state index in [0.717, 1.165) is 12.8 Å². The Bertz CT molecular complexity index is 533. The van der Waals surface area contributed by atoms with Gasteiger partial charge in [0.05, 0.1) is 24.8 Å². The van der Waals surface area contributed by atoms with Crippen molar-refractivity contribution in [3.8, 4) is 11.8 Å². The lowest BCUT2D eigenvalue weighted by atomic mass is 10.1. The van der Waals surface area contributed by atoms with Gasteiger partial charge in [0, 0.05) is 19.2 Å². The third-order valence-electron chi connectivity index (χ3n) is 3.32. The van der Waals surface area contributed by atoms with Gasteiger partial charge < -0.3 is 15.1 Å². The molecule has 1 aliphatic heterocycles. The number of rotatable bonds is 3. The fourth-order valence-electron chi connectivity index (χ4n) is 2.32. The number of aliphatic hydroxyl groups is 2. The summed E-state index contributed by atoms with van der Waals surface area (Å²) >= 11 is 0. The van der Waals surface area contributed by atoms with E-state index >= 15 is 0 Å². The van der Waals surface area contributed by atoms with Crippen LogP contribution in [0.3, 0.4) is 0 Å². The molecule has 2 N–H and O–H groups in total. The first kappa shape index (κ1) is 14.5. The third kappa shape index (κ3) is 3.16. The molecule has 106 valence electrons. The van der Waals surface area contributed by atoms with Gasteiger partial charge in [-0.2, -0.15) is 0 Å². The second-order valence-corrected chi connectivity index (χ2v) is 4.65. The maximum atomic E-state index is 12.5. The molecule has 0 saturated carbocycles. The van der Waals surface area contributed by atoms with E-state index in [9.17, 15) is 9.90 Å². The highest BCUT2D eigenvalue weighted by atomic mass is 16.3. The zero-order valence-electron chi connectivity index (χ0n) is 11.2. The minimum absolute atomic E-state index is 0.00471. The maximum Gasteiger partial charge on any atom is 0.274 e. The Morgan fingerprint density at radius 2 is 2.35 bits per heavy atom. The Morgan fingerprint density at radius 1 is 1.50 bits per heavy atom. The van der Waals surface area contributed by atoms with Gasteiger partial charge in [-0.1, -0.05) is 11.8 Å². The molecule has 1 aromatic rings. The van der Waals surface area contributed by atoms with Crippen LogP contribution in [0.4, 0.5) is 0 Å². The largest absolute Gasteiger partial charge is 0.395 e. The minimum atomic E-state index is -0.185. The predicted molar refractivity (Wildman–Crippen MR) is 74.0 cm³/mol. The van der Waals surface area contributed by atoms with Crippen LogP contribution in [0.1, 0.15) is 35.3 Å². The van der Waals surface area contributed by atoms with Crippen molar-refractivity contribution >= 4 is 5.91 Å². The molecule has 0 bridgehead atoms. The first-order chi connectivity index (χ1) is 9.77. The van der Waals surface area contributed by atoms with Gasteiger partial charge in [-0.25, -0.2) is 4.98 Å². The Morgan fingerprint density at radius 3 is 3.10 bits per heavy atom. The highest BCUT2D eigenvalue weighted by Crippen LogP contribution is 2.20. The summed E-state index contributed by atoms with van der Waals surface area (Å²) in [7, 11) is 0. The van der Waals surface area contributed by atoms with Gasteiger partial charge in [0.15, 0.2) is 0 Å². The van der Waals surface area contributed by atoms with Crippen LogP contribution in [0.2, 0.25) is 0 Å². The summed E-state index contributed by atoms with van der Waals surface area (Å²) in [6, 6.07) is 3.35. The Hall–Kier alpha value is -1.90. The summed E-state index contributed by atoms with van der Waals surface area (Å²) in [6.07, 6.45) is 3.65. The molecule has 0 aromatic carbocycles. The van der Waals surface area contributed by atoms with Gasteiger partial charge in [0.1, 0.15) is 5.69 Å². The van der Waals surface area contributed by atoms with Crippen LogP contribution in [-0.4, -0.2) is 51.8 Å². The summed E-state index contributed by atoms with van der Waals surface area (Å²) in [5, 5.41) is 18.0. The molecule has 1 aromatic heterocycles. The number of nitrogens with zero attached hydrogens (tertiary/aromatic N) is 2. The summed E-state index contributed by atoms with van der Waals surface area (Å²) in [5.41, 5.74) is 0.882. The van der Waals surface area contributed by atoms with Gasteiger partial charge in [-0.3, -0.25) is 4.79 Å². The monoisotopic (exact) mass is 274 g/mol. The number of amides is 1. The predicted octanol–water partition coefficient (Wildman–Crippen LogP) is 0.412. The van der Waals surface area contributed by atoms with E-state index in [4.69, 9.17) is 5.11 Å². The van der Waals surface area contributed by atoms with Crippen LogP contribution >= 0.6 is 0 Å². The average Bonchev–Trinajstić information content (AvgIpc) is 2.96. The maximum absolute atomic E-state index is 12.5. The van der Waals surface area contributed by atoms with Crippen molar-refractivity contribution in [2.24, 2.45) is 0 Å². The van der Waals surface area contributed by atoms with Crippen molar-refractivity contribution in [1.29, 1.82) is 0 Å². The Kier molecular flexibility index (Phi) is 5.10. The molecule has 1 atom stereocenters. The summed E-state index contributed by atoms with van der Waals surface area (Å²) < 4.78 is 0. The first-order valence-corrected chi connectivity index (χ1v) is 6.74. The summed E-state index contributed by atoms with van der Waals surface area (Å²) in [6.45, 7) is 0.615. The van der Waals surface area contributed by atoms with Crippen LogP contribution in [0.15, 0.2) is 18.3 Å². The lowest BCUT2D eigenvalue weighted by molar-refractivity contribution is 0.0671. The van der Waals surface area contributed by atoms with E-state index < -0.39 is 0 Å². The van der Waals surface area contributed by atoms with E-state index in [0.29, 0.717) is 24.2 Å². The number of carbonyl (C=O) groups excluding carboxylic acids is 1. The number of carbonyl (C=O) groups is 1. The van der Waals surface area contributed by atoms with Gasteiger partial charge in [-0.05, 0) is 25.0 Å². The van der Waals surface area contributed by atoms with Crippen molar-refractivity contribution < 1.29 is 15.0 Å². The van der Waals surface area contributed by atoms with Crippen LogP contribution in [0.5, 0.6) is 0 Å². The molecule has 1 unspecified atom stereocenters. The van der Waals surface area contributed by atoms with Gasteiger partial charge in [-0.15, -0.1) is 0 Å². The Balaban J connectivity index is 2.24. The zero-order valence-corrected chi connectivity index (χ0v) is 11.2. The Labute approximate surface area is 118 Å². The molecular formula is C15H18N2O3. The zero-order chi connectivity index (χ0) is 14.4. The van der Waals surface area contributed by atoms with Gasteiger partial charge in [0.2, 0.25) is 0 Å². The van der Waals surface area contributed by atoms with E-state index in [1.54, 1.807) is 23.2 Å². The first-order valence-electron chi connectivity index (χ1n) is 6.74. The van der Waals surface area contributed by atoms with Crippen molar-refractivity contribution in [3.63, 3.8) is 0 Å². The van der Waals surface area contributed by atoms with Crippen LogP contribution < -0.4 is 0 Å². The molecule has 2 heterocycles. The topological polar surface area (TPSA) is 73.7 Å². The number of hydrogen-bond donors (Lipinski definition) is 2. The third-order valence-corrected chi connectivity index (χ3v) is 3.32. The number of likely N-dealkylation sites (tertiary alicyclic amines) is 1. The average molecular weight is 274 g/mol. The molecule has 5 nitrogen and oxygen atoms in total. The molecule has 5 heteroatoms. The lowest BCUT2D eigenvalue weighted by Crippen LogP contribution is -2.38. The molecule has 1 saturated heterocycles. The molecule has 0 radical (unpaired) electrons. The fraction of sp³-hybridized carbons (Fsp3) is 0.467. The van der Waals surface area contributed by atoms with E-state index in [-0.39, 0.29) is 25.2 Å². The normalized spacial score (nSPS) is 17.7. The molecule has 1 amide bonds. The minimum Gasteiger partial charge on any atom is -0.395 e. The van der Waals surface area contributed by atoms with Crippen LogP contribution in [0, 0.1) is 11.8 Å². The number of pyridine rings is 1. The van der Waals surface area contributed by atoms with Crippen molar-refractivity contribution in [1.82, 2.24) is 9.88 Å². The smallest absolute Gasteiger partial charge is 0.274 e. The second kappa shape index (κ2) is 7.04. The molecule has 20 heavy (non-hydrogen) atoms. The SMILES string of the molecule is O=C(c1ncccc1C#CCCO)N1CCCC1CO. The lowest BCUT2D eigenvalue weighted by Gasteiger charge is -2.22. The van der Waals surface area contributed by atoms with E-state index in [1.165, 1.54) is 0 Å². The molecule has 2 rings (SSSR count). The van der Waals surface area contributed by atoms with Crippen molar-refractivity contribution in [2.45, 2.75) is 25.3 Å². The van der Waals surface area contributed by atoms with E-state index in [1.807, 2.05) is 0 Å². The molecule has 1 fully saturated rings. The number of aromatic nitrogens is 1. The van der Waals surface area contributed by atoms with Crippen LogP contribution in [-0.2, 0) is 0 Å². The van der Waals surface area contributed by atoms with Crippen molar-refractivity contribution in [3.05, 3.63) is 29.6 Å². The summed E-state index contributed by atoms with van der Waals surface area (Å²) in [4.78, 5) is 18.3. The number of aliphatic hydroxyl groups excluding tert-OH is 2. The highest BCUT2D eigenvalue weighted by Gasteiger charge is 2.30. The van der Waals surface area contributed by atoms with E-state index in [2.05, 4.69) is 16.8 Å². The summed E-state index contributed by atoms with van der Waals surface area (Å²) in [5.74, 6) is 5.49. The molecule has 0 aliphatic carbocycles. The second-order valence-electron chi connectivity index (χ2n) is 4.65. The van der Waals surface area contributed by atoms with Crippen molar-refractivity contribution in [2.75, 3.05) is 19.8 Å². The van der Waals surface area contributed by atoms with Gasteiger partial charge in [0.25, 0.3) is 5.91 Å². The quantitative estimate of drug-likeness (QED) is 0.783.